The first-order valence-corrected chi connectivity index (χ1v) is 10.1. The third-order valence-corrected chi connectivity index (χ3v) is 5.63. The summed E-state index contributed by atoms with van der Waals surface area (Å²) in [6.07, 6.45) is 3.72. The van der Waals surface area contributed by atoms with E-state index >= 15 is 0 Å². The Morgan fingerprint density at radius 1 is 1.00 bits per heavy atom. The van der Waals surface area contributed by atoms with Crippen molar-refractivity contribution < 1.29 is 9.59 Å². The Balaban J connectivity index is 1.36. The van der Waals surface area contributed by atoms with Crippen LogP contribution in [0.3, 0.4) is 0 Å². The van der Waals surface area contributed by atoms with Crippen molar-refractivity contribution in [3.63, 3.8) is 0 Å². The number of aryl methyl sites for hydroxylation is 3. The van der Waals surface area contributed by atoms with E-state index in [2.05, 4.69) is 16.0 Å². The second kappa shape index (κ2) is 8.11. The van der Waals surface area contributed by atoms with Crippen LogP contribution in [0.5, 0.6) is 0 Å². The molecule has 148 valence electrons. The molecule has 0 atom stereocenters. The molecule has 1 amide bonds. The number of aromatic nitrogens is 2. The molecule has 0 saturated carbocycles. The summed E-state index contributed by atoms with van der Waals surface area (Å²) in [6.45, 7) is 2.28. The van der Waals surface area contributed by atoms with Gasteiger partial charge in [-0.3, -0.25) is 9.59 Å². The average Bonchev–Trinajstić information content (AvgIpc) is 3.19. The van der Waals surface area contributed by atoms with Crippen molar-refractivity contribution in [1.82, 2.24) is 14.9 Å². The lowest BCUT2D eigenvalue weighted by Gasteiger charge is -2.17. The van der Waals surface area contributed by atoms with Gasteiger partial charge in [-0.25, -0.2) is 9.97 Å². The maximum atomic E-state index is 12.5. The van der Waals surface area contributed by atoms with Crippen LogP contribution < -0.4 is 0 Å². The first-order valence-electron chi connectivity index (χ1n) is 10.1. The van der Waals surface area contributed by atoms with Gasteiger partial charge < -0.3 is 4.90 Å². The molecule has 0 saturated heterocycles. The number of rotatable bonds is 6. The van der Waals surface area contributed by atoms with E-state index in [0.29, 0.717) is 12.4 Å². The Bertz CT molecular complexity index is 1090. The Labute approximate surface area is 170 Å². The molecule has 0 aliphatic heterocycles. The zero-order valence-electron chi connectivity index (χ0n) is 16.9. The van der Waals surface area contributed by atoms with Gasteiger partial charge in [0.1, 0.15) is 5.82 Å². The molecule has 0 bridgehead atoms. The summed E-state index contributed by atoms with van der Waals surface area (Å²) in [4.78, 5) is 35.7. The van der Waals surface area contributed by atoms with Gasteiger partial charge in [0.05, 0.1) is 12.1 Å². The highest BCUT2D eigenvalue weighted by Crippen LogP contribution is 2.23. The van der Waals surface area contributed by atoms with E-state index in [1.54, 1.807) is 11.9 Å². The van der Waals surface area contributed by atoms with E-state index in [1.165, 1.54) is 11.1 Å². The molecule has 5 heteroatoms. The number of ketones is 1. The quantitative estimate of drug-likeness (QED) is 0.599. The highest BCUT2D eigenvalue weighted by atomic mass is 16.2. The number of amides is 1. The minimum Gasteiger partial charge on any atom is -0.338 e. The van der Waals surface area contributed by atoms with E-state index in [-0.39, 0.29) is 24.5 Å². The first-order chi connectivity index (χ1) is 14.0. The number of Topliss-reactive ketones (excluding diaryl/α,β-unsaturated/α-hetero) is 1. The van der Waals surface area contributed by atoms with Crippen molar-refractivity contribution in [3.8, 4) is 0 Å². The highest BCUT2D eigenvalue weighted by molar-refractivity contribution is 5.98. The maximum Gasteiger partial charge on any atom is 0.223 e. The van der Waals surface area contributed by atoms with Gasteiger partial charge in [-0.15, -0.1) is 0 Å². The lowest BCUT2D eigenvalue weighted by Crippen LogP contribution is -2.27. The number of carbonyl (C=O) groups is 2. The van der Waals surface area contributed by atoms with Gasteiger partial charge in [0, 0.05) is 36.5 Å². The minimum atomic E-state index is -0.0751. The average molecular weight is 387 g/mol. The maximum absolute atomic E-state index is 12.5. The lowest BCUT2D eigenvalue weighted by molar-refractivity contribution is -0.130. The van der Waals surface area contributed by atoms with E-state index < -0.39 is 0 Å². The van der Waals surface area contributed by atoms with Gasteiger partial charge in [-0.1, -0.05) is 30.3 Å². The molecule has 1 aliphatic rings. The smallest absolute Gasteiger partial charge is 0.223 e. The number of fused-ring (bicyclic) bond motifs is 2. The molecule has 5 nitrogen and oxygen atoms in total. The second-order valence-electron chi connectivity index (χ2n) is 7.75. The third kappa shape index (κ3) is 4.19. The normalized spacial score (nSPS) is 12.8. The van der Waals surface area contributed by atoms with Gasteiger partial charge in [-0.05, 0) is 49.4 Å². The largest absolute Gasteiger partial charge is 0.338 e. The summed E-state index contributed by atoms with van der Waals surface area (Å²) in [5.41, 5.74) is 5.13. The molecule has 0 radical (unpaired) electrons. The molecule has 0 N–H and O–H groups in total. The molecule has 0 unspecified atom stereocenters. The molecule has 1 aromatic heterocycles. The summed E-state index contributed by atoms with van der Waals surface area (Å²) in [7, 11) is 1.73. The van der Waals surface area contributed by atoms with Crippen molar-refractivity contribution in [1.29, 1.82) is 0 Å². The van der Waals surface area contributed by atoms with E-state index in [4.69, 9.17) is 0 Å². The molecule has 3 aromatic rings. The Morgan fingerprint density at radius 3 is 2.66 bits per heavy atom. The van der Waals surface area contributed by atoms with Crippen molar-refractivity contribution in [2.24, 2.45) is 0 Å². The fraction of sp³-hybridized carbons (Fsp3) is 0.333. The monoisotopic (exact) mass is 387 g/mol. The molecule has 4 rings (SSSR count). The van der Waals surface area contributed by atoms with Crippen molar-refractivity contribution in [3.05, 3.63) is 70.7 Å². The van der Waals surface area contributed by atoms with Crippen LogP contribution in [-0.4, -0.2) is 33.6 Å². The molecule has 0 fully saturated rings. The number of hydrogen-bond donors (Lipinski definition) is 0. The number of hydrogen-bond acceptors (Lipinski definition) is 4. The predicted molar refractivity (Wildman–Crippen MR) is 113 cm³/mol. The van der Waals surface area contributed by atoms with Crippen LogP contribution in [0.1, 0.15) is 52.3 Å². The molecular weight excluding hydrogens is 362 g/mol. The Hall–Kier alpha value is -3.08. The van der Waals surface area contributed by atoms with Crippen LogP contribution >= 0.6 is 0 Å². The molecule has 1 aliphatic carbocycles. The molecule has 29 heavy (non-hydrogen) atoms. The fourth-order valence-electron chi connectivity index (χ4n) is 3.97. The van der Waals surface area contributed by atoms with Crippen molar-refractivity contribution >= 4 is 22.6 Å². The van der Waals surface area contributed by atoms with Crippen LogP contribution in [0.2, 0.25) is 0 Å². The topological polar surface area (TPSA) is 63.2 Å². The van der Waals surface area contributed by atoms with E-state index in [9.17, 15) is 9.59 Å². The van der Waals surface area contributed by atoms with E-state index in [0.717, 1.165) is 41.4 Å². The summed E-state index contributed by atoms with van der Waals surface area (Å²) in [5, 5.41) is 1.02. The fourth-order valence-corrected chi connectivity index (χ4v) is 3.97. The Kier molecular flexibility index (Phi) is 5.38. The molecule has 0 spiro atoms. The van der Waals surface area contributed by atoms with E-state index in [1.807, 2.05) is 43.3 Å². The standard InChI is InChI=1S/C24H25N3O2/c1-16-20-8-3-4-9-21(20)26-23(25-16)15-27(2)24(29)13-12-22(28)19-11-10-17-6-5-7-18(17)14-19/h3-4,8-11,14H,5-7,12-13,15H2,1-2H3. The summed E-state index contributed by atoms with van der Waals surface area (Å²) in [6, 6.07) is 13.8. The highest BCUT2D eigenvalue weighted by Gasteiger charge is 2.17. The molecule has 1 heterocycles. The van der Waals surface area contributed by atoms with Gasteiger partial charge in [0.15, 0.2) is 5.78 Å². The summed E-state index contributed by atoms with van der Waals surface area (Å²) >= 11 is 0. The van der Waals surface area contributed by atoms with Crippen LogP contribution in [0.15, 0.2) is 42.5 Å². The lowest BCUT2D eigenvalue weighted by atomic mass is 10.0. The van der Waals surface area contributed by atoms with Crippen LogP contribution in [-0.2, 0) is 24.2 Å². The number of benzene rings is 2. The molecule has 2 aromatic carbocycles. The van der Waals surface area contributed by atoms with Gasteiger partial charge >= 0.3 is 0 Å². The third-order valence-electron chi connectivity index (χ3n) is 5.63. The molecular formula is C24H25N3O2. The second-order valence-corrected chi connectivity index (χ2v) is 7.75. The van der Waals surface area contributed by atoms with Crippen molar-refractivity contribution in [2.45, 2.75) is 45.6 Å². The van der Waals surface area contributed by atoms with Gasteiger partial charge in [-0.2, -0.15) is 0 Å². The number of carbonyl (C=O) groups excluding carboxylic acids is 2. The van der Waals surface area contributed by atoms with Crippen LogP contribution in [0, 0.1) is 6.92 Å². The zero-order chi connectivity index (χ0) is 20.4. The summed E-state index contributed by atoms with van der Waals surface area (Å²) in [5.74, 6) is 0.565. The number of nitrogens with zero attached hydrogens (tertiary/aromatic N) is 3. The van der Waals surface area contributed by atoms with Crippen LogP contribution in [0.25, 0.3) is 10.9 Å². The Morgan fingerprint density at radius 2 is 1.79 bits per heavy atom. The summed E-state index contributed by atoms with van der Waals surface area (Å²) < 4.78 is 0. The minimum absolute atomic E-state index is 0.0271. The van der Waals surface area contributed by atoms with Crippen molar-refractivity contribution in [2.75, 3.05) is 7.05 Å². The first kappa shape index (κ1) is 19.2. The zero-order valence-corrected chi connectivity index (χ0v) is 16.9. The van der Waals surface area contributed by atoms with Crippen LogP contribution in [0.4, 0.5) is 0 Å². The van der Waals surface area contributed by atoms with Gasteiger partial charge in [0.25, 0.3) is 0 Å². The predicted octanol–water partition coefficient (Wildman–Crippen LogP) is 4.05. The SMILES string of the molecule is Cc1nc(CN(C)C(=O)CCC(=O)c2ccc3c(c2)CCC3)nc2ccccc12. The number of para-hydroxylation sites is 1. The van der Waals surface area contributed by atoms with Gasteiger partial charge in [0.2, 0.25) is 5.91 Å².